The molecule has 0 unspecified atom stereocenters. The SMILES string of the molecule is C1=CC[C@@H](CNCc2ccccc2)CC1. The van der Waals surface area contributed by atoms with Gasteiger partial charge < -0.3 is 5.32 Å². The second-order valence-electron chi connectivity index (χ2n) is 4.27. The van der Waals surface area contributed by atoms with Crippen LogP contribution in [0.2, 0.25) is 0 Å². The molecule has 0 saturated heterocycles. The summed E-state index contributed by atoms with van der Waals surface area (Å²) in [5, 5.41) is 3.54. The van der Waals surface area contributed by atoms with E-state index in [1.807, 2.05) is 0 Å². The van der Waals surface area contributed by atoms with E-state index >= 15 is 0 Å². The van der Waals surface area contributed by atoms with Crippen molar-refractivity contribution in [2.75, 3.05) is 6.54 Å². The summed E-state index contributed by atoms with van der Waals surface area (Å²) in [4.78, 5) is 0. The molecule has 0 bridgehead atoms. The predicted molar refractivity (Wildman–Crippen MR) is 64.6 cm³/mol. The van der Waals surface area contributed by atoms with Crippen molar-refractivity contribution in [2.45, 2.75) is 25.8 Å². The van der Waals surface area contributed by atoms with Gasteiger partial charge in [0.05, 0.1) is 0 Å². The summed E-state index contributed by atoms with van der Waals surface area (Å²) >= 11 is 0. The highest BCUT2D eigenvalue weighted by Gasteiger charge is 2.08. The zero-order valence-electron chi connectivity index (χ0n) is 9.15. The molecule has 0 aromatic heterocycles. The maximum absolute atomic E-state index is 3.54. The number of hydrogen-bond acceptors (Lipinski definition) is 1. The van der Waals surface area contributed by atoms with E-state index in [9.17, 15) is 0 Å². The maximum atomic E-state index is 3.54. The Bertz CT molecular complexity index is 302. The van der Waals surface area contributed by atoms with Gasteiger partial charge in [0.25, 0.3) is 0 Å². The predicted octanol–water partition coefficient (Wildman–Crippen LogP) is 3.13. The zero-order valence-corrected chi connectivity index (χ0v) is 9.15. The molecule has 0 aliphatic heterocycles. The van der Waals surface area contributed by atoms with Gasteiger partial charge in [0.2, 0.25) is 0 Å². The summed E-state index contributed by atoms with van der Waals surface area (Å²) in [5.74, 6) is 0.846. The molecular formula is C14H19N. The summed E-state index contributed by atoms with van der Waals surface area (Å²) in [6.45, 7) is 2.15. The Morgan fingerprint density at radius 2 is 2.00 bits per heavy atom. The lowest BCUT2D eigenvalue weighted by Crippen LogP contribution is -2.23. The van der Waals surface area contributed by atoms with Gasteiger partial charge in [-0.2, -0.15) is 0 Å². The van der Waals surface area contributed by atoms with Crippen molar-refractivity contribution < 1.29 is 0 Å². The fraction of sp³-hybridized carbons (Fsp3) is 0.429. The van der Waals surface area contributed by atoms with Crippen LogP contribution in [-0.4, -0.2) is 6.54 Å². The fourth-order valence-corrected chi connectivity index (χ4v) is 2.06. The number of benzene rings is 1. The van der Waals surface area contributed by atoms with Gasteiger partial charge in [0.1, 0.15) is 0 Å². The van der Waals surface area contributed by atoms with Crippen LogP contribution in [0.25, 0.3) is 0 Å². The van der Waals surface area contributed by atoms with E-state index in [0.29, 0.717) is 0 Å². The first-order valence-electron chi connectivity index (χ1n) is 5.85. The molecule has 0 fully saturated rings. The van der Waals surface area contributed by atoms with Crippen LogP contribution >= 0.6 is 0 Å². The fourth-order valence-electron chi connectivity index (χ4n) is 2.06. The van der Waals surface area contributed by atoms with Gasteiger partial charge in [-0.1, -0.05) is 42.5 Å². The van der Waals surface area contributed by atoms with E-state index in [1.54, 1.807) is 0 Å². The Hall–Kier alpha value is -1.08. The number of nitrogens with one attached hydrogen (secondary N) is 1. The third-order valence-corrected chi connectivity index (χ3v) is 2.98. The molecule has 1 aliphatic rings. The van der Waals surface area contributed by atoms with Gasteiger partial charge in [-0.15, -0.1) is 0 Å². The van der Waals surface area contributed by atoms with Crippen LogP contribution < -0.4 is 5.32 Å². The minimum Gasteiger partial charge on any atom is -0.312 e. The van der Waals surface area contributed by atoms with Crippen LogP contribution in [0.4, 0.5) is 0 Å². The molecule has 0 spiro atoms. The quantitative estimate of drug-likeness (QED) is 0.738. The van der Waals surface area contributed by atoms with Crippen molar-refractivity contribution in [3.05, 3.63) is 48.0 Å². The lowest BCUT2D eigenvalue weighted by atomic mass is 9.94. The van der Waals surface area contributed by atoms with Crippen molar-refractivity contribution in [2.24, 2.45) is 5.92 Å². The highest BCUT2D eigenvalue weighted by molar-refractivity contribution is 5.14. The van der Waals surface area contributed by atoms with E-state index in [0.717, 1.165) is 19.0 Å². The summed E-state index contributed by atoms with van der Waals surface area (Å²) in [6, 6.07) is 10.6. The second kappa shape index (κ2) is 5.72. The van der Waals surface area contributed by atoms with Crippen molar-refractivity contribution in [3.63, 3.8) is 0 Å². The first kappa shape index (κ1) is 10.4. The molecule has 15 heavy (non-hydrogen) atoms. The molecule has 1 heteroatoms. The molecule has 1 aromatic carbocycles. The molecule has 0 amide bonds. The van der Waals surface area contributed by atoms with Crippen molar-refractivity contribution >= 4 is 0 Å². The van der Waals surface area contributed by atoms with Gasteiger partial charge >= 0.3 is 0 Å². The molecule has 0 saturated carbocycles. The van der Waals surface area contributed by atoms with Crippen LogP contribution in [-0.2, 0) is 6.54 Å². The first-order valence-corrected chi connectivity index (χ1v) is 5.85. The maximum Gasteiger partial charge on any atom is 0.0205 e. The average molecular weight is 201 g/mol. The first-order chi connectivity index (χ1) is 7.45. The molecule has 1 N–H and O–H groups in total. The molecule has 0 radical (unpaired) electrons. The zero-order chi connectivity index (χ0) is 10.3. The van der Waals surface area contributed by atoms with Crippen molar-refractivity contribution in [1.29, 1.82) is 0 Å². The van der Waals surface area contributed by atoms with Crippen LogP contribution in [0.1, 0.15) is 24.8 Å². The Labute approximate surface area is 92.2 Å². The lowest BCUT2D eigenvalue weighted by molar-refractivity contribution is 0.440. The molecule has 80 valence electrons. The van der Waals surface area contributed by atoms with E-state index < -0.39 is 0 Å². The normalized spacial score (nSPS) is 20.4. The summed E-state index contributed by atoms with van der Waals surface area (Å²) in [6.07, 6.45) is 8.48. The van der Waals surface area contributed by atoms with E-state index in [-0.39, 0.29) is 0 Å². The third-order valence-electron chi connectivity index (χ3n) is 2.98. The van der Waals surface area contributed by atoms with Crippen LogP contribution in [0, 0.1) is 5.92 Å². The topological polar surface area (TPSA) is 12.0 Å². The Kier molecular flexibility index (Phi) is 3.98. The van der Waals surface area contributed by atoms with Crippen LogP contribution in [0.3, 0.4) is 0 Å². The number of rotatable bonds is 4. The molecule has 1 atom stereocenters. The van der Waals surface area contributed by atoms with E-state index in [2.05, 4.69) is 47.8 Å². The molecular weight excluding hydrogens is 182 g/mol. The Morgan fingerprint density at radius 3 is 2.73 bits per heavy atom. The summed E-state index contributed by atoms with van der Waals surface area (Å²) < 4.78 is 0. The van der Waals surface area contributed by atoms with Gasteiger partial charge in [0, 0.05) is 6.54 Å². The van der Waals surface area contributed by atoms with Crippen LogP contribution in [0.5, 0.6) is 0 Å². The Balaban J connectivity index is 1.68. The van der Waals surface area contributed by atoms with Gasteiger partial charge in [0.15, 0.2) is 0 Å². The molecule has 1 nitrogen and oxygen atoms in total. The minimum atomic E-state index is 0.846. The van der Waals surface area contributed by atoms with Gasteiger partial charge in [-0.3, -0.25) is 0 Å². The van der Waals surface area contributed by atoms with Crippen molar-refractivity contribution in [3.8, 4) is 0 Å². The third kappa shape index (κ3) is 3.52. The van der Waals surface area contributed by atoms with E-state index in [4.69, 9.17) is 0 Å². The van der Waals surface area contributed by atoms with Crippen LogP contribution in [0.15, 0.2) is 42.5 Å². The van der Waals surface area contributed by atoms with Gasteiger partial charge in [-0.05, 0) is 37.3 Å². The highest BCUT2D eigenvalue weighted by atomic mass is 14.9. The van der Waals surface area contributed by atoms with Gasteiger partial charge in [-0.25, -0.2) is 0 Å². The summed E-state index contributed by atoms with van der Waals surface area (Å²) in [7, 11) is 0. The number of allylic oxidation sites excluding steroid dienone is 2. The van der Waals surface area contributed by atoms with E-state index in [1.165, 1.54) is 24.8 Å². The molecule has 2 rings (SSSR count). The largest absolute Gasteiger partial charge is 0.312 e. The van der Waals surface area contributed by atoms with Crippen molar-refractivity contribution in [1.82, 2.24) is 5.32 Å². The number of hydrogen-bond donors (Lipinski definition) is 1. The summed E-state index contributed by atoms with van der Waals surface area (Å²) in [5.41, 5.74) is 1.38. The molecule has 0 heterocycles. The molecule has 1 aromatic rings. The smallest absolute Gasteiger partial charge is 0.0205 e. The molecule has 1 aliphatic carbocycles. The minimum absolute atomic E-state index is 0.846. The monoisotopic (exact) mass is 201 g/mol. The average Bonchev–Trinajstić information content (AvgIpc) is 2.32. The second-order valence-corrected chi connectivity index (χ2v) is 4.27. The highest BCUT2D eigenvalue weighted by Crippen LogP contribution is 2.16. The lowest BCUT2D eigenvalue weighted by Gasteiger charge is -2.18. The standard InChI is InChI=1S/C14H19N/c1-3-7-13(8-4-1)11-15-12-14-9-5-2-6-10-14/h1-5,7-8,14-15H,6,9-12H2/t14-/m1/s1. The Morgan fingerprint density at radius 1 is 1.13 bits per heavy atom.